The number of unbranched alkanes of at least 4 members (excludes halogenated alkanes) is 8. The Balaban J connectivity index is 4.16. The van der Waals surface area contributed by atoms with E-state index in [-0.39, 0.29) is 0 Å². The molecule has 0 aliphatic heterocycles. The van der Waals surface area contributed by atoms with Crippen LogP contribution in [0.15, 0.2) is 24.3 Å². The first-order chi connectivity index (χ1) is 14.1. The van der Waals surface area contributed by atoms with Crippen molar-refractivity contribution < 1.29 is 0 Å². The summed E-state index contributed by atoms with van der Waals surface area (Å²) >= 11 is 0. The summed E-state index contributed by atoms with van der Waals surface area (Å²) in [6.07, 6.45) is 31.4. The topological polar surface area (TPSA) is 3.24 Å². The molecular weight excluding hydrogens is 350 g/mol. The van der Waals surface area contributed by atoms with Crippen molar-refractivity contribution in [2.24, 2.45) is 11.8 Å². The Hall–Kier alpha value is -0.560. The molecule has 2 unspecified atom stereocenters. The Morgan fingerprint density at radius 2 is 1.21 bits per heavy atom. The van der Waals surface area contributed by atoms with Crippen molar-refractivity contribution >= 4 is 0 Å². The van der Waals surface area contributed by atoms with E-state index >= 15 is 0 Å². The van der Waals surface area contributed by atoms with Crippen molar-refractivity contribution in [2.45, 2.75) is 124 Å². The maximum Gasteiger partial charge on any atom is -0.00248 e. The molecule has 0 rings (SSSR count). The van der Waals surface area contributed by atoms with Crippen LogP contribution in [-0.2, 0) is 0 Å². The van der Waals surface area contributed by atoms with Gasteiger partial charge in [0.2, 0.25) is 0 Å². The van der Waals surface area contributed by atoms with Gasteiger partial charge in [-0.05, 0) is 90.3 Å². The summed E-state index contributed by atoms with van der Waals surface area (Å²) in [6.45, 7) is 8.29. The first-order valence-electron chi connectivity index (χ1n) is 13.1. The van der Waals surface area contributed by atoms with Crippen molar-refractivity contribution in [3.63, 3.8) is 0 Å². The number of rotatable bonds is 21. The molecule has 0 aliphatic carbocycles. The molecule has 0 N–H and O–H groups in total. The highest BCUT2D eigenvalue weighted by Gasteiger charge is 2.16. The zero-order chi connectivity index (χ0) is 21.6. The highest BCUT2D eigenvalue weighted by Crippen LogP contribution is 2.28. The first kappa shape index (κ1) is 28.4. The van der Waals surface area contributed by atoms with Gasteiger partial charge < -0.3 is 4.90 Å². The highest BCUT2D eigenvalue weighted by atomic mass is 15.0. The second-order valence-corrected chi connectivity index (χ2v) is 9.45. The lowest BCUT2D eigenvalue weighted by molar-refractivity contribution is 0.280. The quantitative estimate of drug-likeness (QED) is 0.136. The molecule has 0 saturated carbocycles. The van der Waals surface area contributed by atoms with Crippen LogP contribution in [0.5, 0.6) is 0 Å². The third-order valence-corrected chi connectivity index (χ3v) is 6.25. The van der Waals surface area contributed by atoms with Gasteiger partial charge in [0, 0.05) is 0 Å². The Kier molecular flexibility index (Phi) is 21.7. The highest BCUT2D eigenvalue weighted by molar-refractivity contribution is 4.82. The van der Waals surface area contributed by atoms with Crippen LogP contribution in [0.25, 0.3) is 0 Å². The minimum Gasteiger partial charge on any atom is -0.309 e. The molecule has 0 fully saturated rings. The van der Waals surface area contributed by atoms with Crippen molar-refractivity contribution in [1.29, 1.82) is 0 Å². The molecule has 1 heteroatoms. The predicted octanol–water partition coefficient (Wildman–Crippen LogP) is 9.19. The number of nitrogens with zero attached hydrogens (tertiary/aromatic N) is 1. The third-order valence-electron chi connectivity index (χ3n) is 6.25. The monoisotopic (exact) mass is 405 g/mol. The summed E-state index contributed by atoms with van der Waals surface area (Å²) in [5, 5.41) is 0. The van der Waals surface area contributed by atoms with E-state index in [4.69, 9.17) is 0 Å². The molecular formula is C28H55N. The molecule has 0 saturated heterocycles. The molecule has 0 aromatic heterocycles. The lowest BCUT2D eigenvalue weighted by Gasteiger charge is -2.24. The third kappa shape index (κ3) is 20.5. The average Bonchev–Trinajstić information content (AvgIpc) is 2.70. The van der Waals surface area contributed by atoms with Gasteiger partial charge in [0.25, 0.3) is 0 Å². The van der Waals surface area contributed by atoms with E-state index in [0.717, 1.165) is 11.8 Å². The summed E-state index contributed by atoms with van der Waals surface area (Å²) in [4.78, 5) is 2.31. The van der Waals surface area contributed by atoms with Crippen LogP contribution in [0, 0.1) is 11.8 Å². The van der Waals surface area contributed by atoms with Crippen molar-refractivity contribution in [2.75, 3.05) is 20.6 Å². The van der Waals surface area contributed by atoms with E-state index in [1.807, 2.05) is 0 Å². The zero-order valence-electron chi connectivity index (χ0n) is 20.9. The normalized spacial score (nSPS) is 14.4. The van der Waals surface area contributed by atoms with Crippen LogP contribution in [0.1, 0.15) is 124 Å². The van der Waals surface area contributed by atoms with E-state index in [0.29, 0.717) is 0 Å². The molecule has 0 spiro atoms. The van der Waals surface area contributed by atoms with Gasteiger partial charge in [-0.15, -0.1) is 0 Å². The summed E-state index contributed by atoms with van der Waals surface area (Å²) in [5.41, 5.74) is 0. The Labute approximate surface area is 185 Å². The average molecular weight is 406 g/mol. The SMILES string of the molecule is CC/C=C\CCCC(C)C(CCC/C=C\CCCCC)CCCCCCN(C)C. The lowest BCUT2D eigenvalue weighted by Crippen LogP contribution is -2.13. The Morgan fingerprint density at radius 1 is 0.621 bits per heavy atom. The Morgan fingerprint density at radius 3 is 1.86 bits per heavy atom. The van der Waals surface area contributed by atoms with E-state index in [2.05, 4.69) is 64.1 Å². The second kappa shape index (κ2) is 22.1. The number of allylic oxidation sites excluding steroid dienone is 4. The van der Waals surface area contributed by atoms with Crippen LogP contribution >= 0.6 is 0 Å². The second-order valence-electron chi connectivity index (χ2n) is 9.45. The molecule has 0 radical (unpaired) electrons. The standard InChI is InChI=1S/C28H55N/c1-6-8-10-12-13-14-16-20-24-28(25-21-17-18-22-26-29(4)5)27(3)23-19-15-11-9-7-2/h9,11,13-14,27-28H,6-8,10,12,15-26H2,1-5H3/b11-9-,14-13-. The van der Waals surface area contributed by atoms with Gasteiger partial charge in [-0.3, -0.25) is 0 Å². The molecule has 1 nitrogen and oxygen atoms in total. The molecule has 0 heterocycles. The summed E-state index contributed by atoms with van der Waals surface area (Å²) < 4.78 is 0. The molecule has 0 aromatic rings. The van der Waals surface area contributed by atoms with Gasteiger partial charge in [0.15, 0.2) is 0 Å². The van der Waals surface area contributed by atoms with Crippen molar-refractivity contribution in [3.05, 3.63) is 24.3 Å². The first-order valence-corrected chi connectivity index (χ1v) is 13.1. The van der Waals surface area contributed by atoms with Crippen LogP contribution in [-0.4, -0.2) is 25.5 Å². The maximum atomic E-state index is 2.53. The molecule has 172 valence electrons. The summed E-state index contributed by atoms with van der Waals surface area (Å²) in [5.74, 6) is 1.83. The fourth-order valence-electron chi connectivity index (χ4n) is 4.23. The van der Waals surface area contributed by atoms with Crippen molar-refractivity contribution in [3.8, 4) is 0 Å². The van der Waals surface area contributed by atoms with Gasteiger partial charge in [0.1, 0.15) is 0 Å². The summed E-state index contributed by atoms with van der Waals surface area (Å²) in [6, 6.07) is 0. The van der Waals surface area contributed by atoms with Gasteiger partial charge in [0.05, 0.1) is 0 Å². The van der Waals surface area contributed by atoms with Gasteiger partial charge in [-0.2, -0.15) is 0 Å². The van der Waals surface area contributed by atoms with Gasteiger partial charge >= 0.3 is 0 Å². The zero-order valence-corrected chi connectivity index (χ0v) is 20.9. The van der Waals surface area contributed by atoms with Crippen LogP contribution in [0.4, 0.5) is 0 Å². The van der Waals surface area contributed by atoms with E-state index in [1.165, 1.54) is 109 Å². The fraction of sp³-hybridized carbons (Fsp3) is 0.857. The minimum absolute atomic E-state index is 0.889. The Bertz CT molecular complexity index is 369. The molecule has 0 amide bonds. The smallest absolute Gasteiger partial charge is 0.00248 e. The molecule has 0 aromatic carbocycles. The number of hydrogen-bond donors (Lipinski definition) is 0. The minimum atomic E-state index is 0.889. The number of hydrogen-bond acceptors (Lipinski definition) is 1. The van der Waals surface area contributed by atoms with E-state index in [1.54, 1.807) is 0 Å². The fourth-order valence-corrected chi connectivity index (χ4v) is 4.23. The summed E-state index contributed by atoms with van der Waals surface area (Å²) in [7, 11) is 4.37. The van der Waals surface area contributed by atoms with Gasteiger partial charge in [-0.1, -0.05) is 90.0 Å². The lowest BCUT2D eigenvalue weighted by atomic mass is 9.82. The maximum absolute atomic E-state index is 2.53. The van der Waals surface area contributed by atoms with E-state index < -0.39 is 0 Å². The van der Waals surface area contributed by atoms with Crippen LogP contribution in [0.3, 0.4) is 0 Å². The van der Waals surface area contributed by atoms with Crippen LogP contribution in [0.2, 0.25) is 0 Å². The van der Waals surface area contributed by atoms with Crippen molar-refractivity contribution in [1.82, 2.24) is 4.90 Å². The van der Waals surface area contributed by atoms with Gasteiger partial charge in [-0.25, -0.2) is 0 Å². The molecule has 29 heavy (non-hydrogen) atoms. The molecule has 2 atom stereocenters. The predicted molar refractivity (Wildman–Crippen MR) is 135 cm³/mol. The van der Waals surface area contributed by atoms with Crippen LogP contribution < -0.4 is 0 Å². The largest absolute Gasteiger partial charge is 0.309 e. The van der Waals surface area contributed by atoms with E-state index in [9.17, 15) is 0 Å². The molecule has 0 bridgehead atoms. The molecule has 0 aliphatic rings.